The third-order valence-corrected chi connectivity index (χ3v) is 3.78. The first-order valence-corrected chi connectivity index (χ1v) is 7.53. The zero-order valence-electron chi connectivity index (χ0n) is 12.8. The Balaban J connectivity index is 1.86. The van der Waals surface area contributed by atoms with Gasteiger partial charge in [-0.1, -0.05) is 43.3 Å². The molecule has 0 atom stereocenters. The molecule has 0 aliphatic heterocycles. The summed E-state index contributed by atoms with van der Waals surface area (Å²) in [5, 5.41) is 10.6. The number of hydrogen-bond acceptors (Lipinski definition) is 3. The SMILES string of the molecule is CCc1ccccc1NC(=O)Cc1n[nH]c(=O)c2ccccc12. The summed E-state index contributed by atoms with van der Waals surface area (Å²) in [5.74, 6) is -0.157. The summed E-state index contributed by atoms with van der Waals surface area (Å²) in [6.45, 7) is 2.04. The molecule has 0 radical (unpaired) electrons. The van der Waals surface area contributed by atoms with Crippen LogP contribution in [0.2, 0.25) is 0 Å². The third kappa shape index (κ3) is 3.13. The molecule has 116 valence electrons. The molecule has 0 unspecified atom stereocenters. The number of anilines is 1. The van der Waals surface area contributed by atoms with Gasteiger partial charge in [0.05, 0.1) is 17.5 Å². The van der Waals surface area contributed by atoms with E-state index in [0.29, 0.717) is 16.5 Å². The fourth-order valence-corrected chi connectivity index (χ4v) is 2.60. The van der Waals surface area contributed by atoms with E-state index in [-0.39, 0.29) is 17.9 Å². The Labute approximate surface area is 133 Å². The van der Waals surface area contributed by atoms with Gasteiger partial charge in [-0.2, -0.15) is 5.10 Å². The number of benzene rings is 2. The van der Waals surface area contributed by atoms with E-state index >= 15 is 0 Å². The van der Waals surface area contributed by atoms with Crippen LogP contribution in [0.4, 0.5) is 5.69 Å². The van der Waals surface area contributed by atoms with E-state index < -0.39 is 0 Å². The number of fused-ring (bicyclic) bond motifs is 1. The average molecular weight is 307 g/mol. The lowest BCUT2D eigenvalue weighted by atomic mass is 10.1. The number of rotatable bonds is 4. The van der Waals surface area contributed by atoms with Gasteiger partial charge in [0.2, 0.25) is 5.91 Å². The molecule has 2 aromatic carbocycles. The van der Waals surface area contributed by atoms with Gasteiger partial charge in [-0.15, -0.1) is 0 Å². The van der Waals surface area contributed by atoms with Crippen LogP contribution in [0, 0.1) is 0 Å². The molecule has 3 aromatic rings. The summed E-state index contributed by atoms with van der Waals surface area (Å²) in [5.41, 5.74) is 2.21. The molecular weight excluding hydrogens is 290 g/mol. The second-order valence-electron chi connectivity index (χ2n) is 5.28. The second-order valence-corrected chi connectivity index (χ2v) is 5.28. The molecule has 0 bridgehead atoms. The molecule has 2 N–H and O–H groups in total. The van der Waals surface area contributed by atoms with Crippen LogP contribution in [0.15, 0.2) is 53.3 Å². The van der Waals surface area contributed by atoms with Crippen LogP contribution in [-0.2, 0) is 17.6 Å². The molecule has 0 aliphatic rings. The number of amides is 1. The van der Waals surface area contributed by atoms with Gasteiger partial charge >= 0.3 is 0 Å². The number of nitrogens with one attached hydrogen (secondary N) is 2. The first-order chi connectivity index (χ1) is 11.2. The Bertz CT molecular complexity index is 915. The van der Waals surface area contributed by atoms with Crippen LogP contribution in [0.3, 0.4) is 0 Å². The molecule has 0 spiro atoms. The number of H-pyrrole nitrogens is 1. The zero-order chi connectivity index (χ0) is 16.2. The molecule has 3 rings (SSSR count). The van der Waals surface area contributed by atoms with Gasteiger partial charge in [-0.25, -0.2) is 5.10 Å². The van der Waals surface area contributed by atoms with Crippen LogP contribution < -0.4 is 10.9 Å². The van der Waals surface area contributed by atoms with Gasteiger partial charge in [0.15, 0.2) is 0 Å². The molecule has 1 aromatic heterocycles. The summed E-state index contributed by atoms with van der Waals surface area (Å²) >= 11 is 0. The predicted octanol–water partition coefficient (Wildman–Crippen LogP) is 2.67. The highest BCUT2D eigenvalue weighted by atomic mass is 16.1. The summed E-state index contributed by atoms with van der Waals surface area (Å²) in [6.07, 6.45) is 0.950. The monoisotopic (exact) mass is 307 g/mol. The topological polar surface area (TPSA) is 74.8 Å². The number of carbonyl (C=O) groups excluding carboxylic acids is 1. The van der Waals surface area contributed by atoms with Crippen molar-refractivity contribution in [2.75, 3.05) is 5.32 Å². The van der Waals surface area contributed by atoms with Crippen molar-refractivity contribution in [2.24, 2.45) is 0 Å². The summed E-state index contributed by atoms with van der Waals surface area (Å²) in [4.78, 5) is 24.1. The Morgan fingerprint density at radius 3 is 2.57 bits per heavy atom. The number of aromatic nitrogens is 2. The minimum atomic E-state index is -0.249. The highest BCUT2D eigenvalue weighted by Crippen LogP contribution is 2.17. The summed E-state index contributed by atoms with van der Waals surface area (Å²) in [7, 11) is 0. The molecule has 0 saturated carbocycles. The van der Waals surface area contributed by atoms with E-state index in [1.165, 1.54) is 0 Å². The van der Waals surface area contributed by atoms with Gasteiger partial charge in [-0.05, 0) is 24.1 Å². The minimum absolute atomic E-state index is 0.106. The summed E-state index contributed by atoms with van der Waals surface area (Å²) < 4.78 is 0. The molecule has 5 heteroatoms. The first-order valence-electron chi connectivity index (χ1n) is 7.53. The zero-order valence-corrected chi connectivity index (χ0v) is 12.8. The quantitative estimate of drug-likeness (QED) is 0.778. The molecule has 1 heterocycles. The van der Waals surface area contributed by atoms with E-state index in [4.69, 9.17) is 0 Å². The lowest BCUT2D eigenvalue weighted by Gasteiger charge is -2.10. The Kier molecular flexibility index (Phi) is 4.19. The maximum absolute atomic E-state index is 12.3. The van der Waals surface area contributed by atoms with E-state index in [2.05, 4.69) is 15.5 Å². The molecule has 0 aliphatic carbocycles. The maximum atomic E-state index is 12.3. The van der Waals surface area contributed by atoms with Gasteiger partial charge in [0, 0.05) is 11.1 Å². The number of aromatic amines is 1. The fraction of sp³-hybridized carbons (Fsp3) is 0.167. The smallest absolute Gasteiger partial charge is 0.272 e. The van der Waals surface area contributed by atoms with Crippen molar-refractivity contribution in [3.8, 4) is 0 Å². The lowest BCUT2D eigenvalue weighted by Crippen LogP contribution is -2.19. The molecule has 23 heavy (non-hydrogen) atoms. The Morgan fingerprint density at radius 2 is 1.78 bits per heavy atom. The number of hydrogen-bond donors (Lipinski definition) is 2. The predicted molar refractivity (Wildman–Crippen MR) is 90.5 cm³/mol. The van der Waals surface area contributed by atoms with Crippen LogP contribution >= 0.6 is 0 Å². The molecule has 0 saturated heterocycles. The van der Waals surface area contributed by atoms with Gasteiger partial charge < -0.3 is 5.32 Å². The molecular formula is C18H17N3O2. The number of aryl methyl sites for hydroxylation is 1. The Morgan fingerprint density at radius 1 is 1.09 bits per heavy atom. The molecule has 1 amide bonds. The molecule has 0 fully saturated rings. The van der Waals surface area contributed by atoms with Gasteiger partial charge in [-0.3, -0.25) is 9.59 Å². The third-order valence-electron chi connectivity index (χ3n) is 3.78. The second kappa shape index (κ2) is 6.44. The van der Waals surface area contributed by atoms with E-state index in [1.807, 2.05) is 37.3 Å². The highest BCUT2D eigenvalue weighted by Gasteiger charge is 2.11. The maximum Gasteiger partial charge on any atom is 0.272 e. The van der Waals surface area contributed by atoms with Crippen molar-refractivity contribution in [1.29, 1.82) is 0 Å². The van der Waals surface area contributed by atoms with Crippen molar-refractivity contribution >= 4 is 22.4 Å². The van der Waals surface area contributed by atoms with E-state index in [1.54, 1.807) is 18.2 Å². The van der Waals surface area contributed by atoms with Crippen LogP contribution in [0.5, 0.6) is 0 Å². The lowest BCUT2D eigenvalue weighted by molar-refractivity contribution is -0.115. The Hall–Kier alpha value is -2.95. The first kappa shape index (κ1) is 15.0. The average Bonchev–Trinajstić information content (AvgIpc) is 2.58. The van der Waals surface area contributed by atoms with E-state index in [9.17, 15) is 9.59 Å². The highest BCUT2D eigenvalue weighted by molar-refractivity contribution is 5.95. The van der Waals surface area contributed by atoms with Crippen molar-refractivity contribution in [2.45, 2.75) is 19.8 Å². The van der Waals surface area contributed by atoms with Crippen LogP contribution in [0.25, 0.3) is 10.8 Å². The van der Waals surface area contributed by atoms with Crippen molar-refractivity contribution in [3.63, 3.8) is 0 Å². The van der Waals surface area contributed by atoms with Gasteiger partial charge in [0.25, 0.3) is 5.56 Å². The fourth-order valence-electron chi connectivity index (χ4n) is 2.60. The van der Waals surface area contributed by atoms with Crippen LogP contribution in [0.1, 0.15) is 18.2 Å². The largest absolute Gasteiger partial charge is 0.325 e. The standard InChI is InChI=1S/C18H17N3O2/c1-2-12-7-3-6-10-15(12)19-17(22)11-16-13-8-4-5-9-14(13)18(23)21-20-16/h3-10H,2,11H2,1H3,(H,19,22)(H,21,23). The minimum Gasteiger partial charge on any atom is -0.325 e. The van der Waals surface area contributed by atoms with Crippen molar-refractivity contribution in [3.05, 3.63) is 70.1 Å². The molecule has 5 nitrogen and oxygen atoms in total. The number of carbonyl (C=O) groups is 1. The van der Waals surface area contributed by atoms with E-state index in [0.717, 1.165) is 17.7 Å². The normalized spacial score (nSPS) is 10.7. The number of para-hydroxylation sites is 1. The van der Waals surface area contributed by atoms with Crippen molar-refractivity contribution in [1.82, 2.24) is 10.2 Å². The van der Waals surface area contributed by atoms with Crippen LogP contribution in [-0.4, -0.2) is 16.1 Å². The van der Waals surface area contributed by atoms with Crippen molar-refractivity contribution < 1.29 is 4.79 Å². The number of nitrogens with zero attached hydrogens (tertiary/aromatic N) is 1. The summed E-state index contributed by atoms with van der Waals surface area (Å²) in [6, 6.07) is 14.9. The van der Waals surface area contributed by atoms with Gasteiger partial charge in [0.1, 0.15) is 0 Å².